The zero-order valence-electron chi connectivity index (χ0n) is 11.6. The highest BCUT2D eigenvalue weighted by molar-refractivity contribution is 5.65. The van der Waals surface area contributed by atoms with E-state index >= 15 is 0 Å². The Bertz CT molecular complexity index is 578. The van der Waals surface area contributed by atoms with Crippen LogP contribution in [0.1, 0.15) is 26.6 Å². The summed E-state index contributed by atoms with van der Waals surface area (Å²) in [6.07, 6.45) is -0.0281. The van der Waals surface area contributed by atoms with Crippen molar-refractivity contribution in [2.24, 2.45) is 0 Å². The molecule has 0 spiro atoms. The molecule has 1 heterocycles. The molecule has 2 aromatic rings. The molecule has 0 N–H and O–H groups in total. The lowest BCUT2D eigenvalue weighted by Crippen LogP contribution is -2.09. The first kappa shape index (κ1) is 13.5. The van der Waals surface area contributed by atoms with Gasteiger partial charge < -0.3 is 4.74 Å². The molecule has 0 bridgehead atoms. The third kappa shape index (κ3) is 2.75. The third-order valence-corrected chi connectivity index (χ3v) is 2.64. The van der Waals surface area contributed by atoms with Crippen LogP contribution in [0.25, 0.3) is 11.4 Å². The number of rotatable bonds is 4. The summed E-state index contributed by atoms with van der Waals surface area (Å²) >= 11 is 0. The summed E-state index contributed by atoms with van der Waals surface area (Å²) < 4.78 is 21.5. The number of aromatic nitrogens is 3. The van der Waals surface area contributed by atoms with Gasteiger partial charge in [0, 0.05) is 6.54 Å². The Kier molecular flexibility index (Phi) is 3.83. The Hall–Kier alpha value is -1.91. The molecule has 4 nitrogen and oxygen atoms in total. The molecule has 0 unspecified atom stereocenters. The van der Waals surface area contributed by atoms with Gasteiger partial charge in [-0.05, 0) is 39.8 Å². The topological polar surface area (TPSA) is 39.9 Å². The average Bonchev–Trinajstić information content (AvgIpc) is 2.69. The summed E-state index contributed by atoms with van der Waals surface area (Å²) in [6.45, 7) is 8.18. The summed E-state index contributed by atoms with van der Waals surface area (Å²) in [5, 5.41) is 4.25. The van der Waals surface area contributed by atoms with Crippen molar-refractivity contribution in [2.45, 2.75) is 40.3 Å². The van der Waals surface area contributed by atoms with E-state index in [-0.39, 0.29) is 11.9 Å². The van der Waals surface area contributed by atoms with Crippen LogP contribution >= 0.6 is 0 Å². The lowest BCUT2D eigenvalue weighted by Gasteiger charge is -2.14. The molecule has 5 heteroatoms. The molecule has 0 fully saturated rings. The van der Waals surface area contributed by atoms with Crippen molar-refractivity contribution in [3.8, 4) is 17.1 Å². The van der Waals surface area contributed by atoms with Gasteiger partial charge in [-0.1, -0.05) is 6.07 Å². The molecular formula is C14H18FN3O. The molecule has 0 saturated heterocycles. The van der Waals surface area contributed by atoms with Crippen LogP contribution in [0.5, 0.6) is 5.75 Å². The van der Waals surface area contributed by atoms with E-state index in [4.69, 9.17) is 4.74 Å². The van der Waals surface area contributed by atoms with E-state index in [2.05, 4.69) is 10.1 Å². The summed E-state index contributed by atoms with van der Waals surface area (Å²) in [4.78, 5) is 4.31. The van der Waals surface area contributed by atoms with Gasteiger partial charge in [-0.15, -0.1) is 0 Å². The van der Waals surface area contributed by atoms with Crippen molar-refractivity contribution in [1.29, 1.82) is 0 Å². The van der Waals surface area contributed by atoms with Gasteiger partial charge in [0.2, 0.25) is 0 Å². The van der Waals surface area contributed by atoms with Crippen molar-refractivity contribution in [2.75, 3.05) is 0 Å². The van der Waals surface area contributed by atoms with Crippen molar-refractivity contribution in [1.82, 2.24) is 14.8 Å². The van der Waals surface area contributed by atoms with Crippen LogP contribution in [-0.2, 0) is 6.54 Å². The normalized spacial score (nSPS) is 11.1. The van der Waals surface area contributed by atoms with E-state index in [0.717, 1.165) is 0 Å². The van der Waals surface area contributed by atoms with Crippen LogP contribution in [0.2, 0.25) is 0 Å². The first-order valence-electron chi connectivity index (χ1n) is 6.40. The van der Waals surface area contributed by atoms with Crippen molar-refractivity contribution in [3.63, 3.8) is 0 Å². The maximum Gasteiger partial charge on any atom is 0.165 e. The van der Waals surface area contributed by atoms with Gasteiger partial charge in [0.1, 0.15) is 17.4 Å². The number of hydrogen-bond donors (Lipinski definition) is 0. The molecular weight excluding hydrogens is 245 g/mol. The largest absolute Gasteiger partial charge is 0.490 e. The summed E-state index contributed by atoms with van der Waals surface area (Å²) in [5.41, 5.74) is 0.374. The Morgan fingerprint density at radius 1 is 1.37 bits per heavy atom. The quantitative estimate of drug-likeness (QED) is 0.850. The molecule has 102 valence electrons. The monoisotopic (exact) mass is 263 g/mol. The number of nitrogens with zero attached hydrogens (tertiary/aromatic N) is 3. The number of aryl methyl sites for hydroxylation is 2. The molecule has 0 atom stereocenters. The number of halogens is 1. The molecule has 0 amide bonds. The molecule has 0 saturated carbocycles. The van der Waals surface area contributed by atoms with Gasteiger partial charge in [0.25, 0.3) is 0 Å². The van der Waals surface area contributed by atoms with Crippen molar-refractivity contribution < 1.29 is 9.13 Å². The highest BCUT2D eigenvalue weighted by atomic mass is 19.1. The molecule has 1 aromatic heterocycles. The fourth-order valence-electron chi connectivity index (χ4n) is 1.93. The Balaban J connectivity index is 2.59. The van der Waals surface area contributed by atoms with Gasteiger partial charge in [0.05, 0.1) is 11.7 Å². The lowest BCUT2D eigenvalue weighted by molar-refractivity contribution is 0.242. The van der Waals surface area contributed by atoms with E-state index < -0.39 is 0 Å². The summed E-state index contributed by atoms with van der Waals surface area (Å²) in [5.74, 6) is 1.28. The minimum absolute atomic E-state index is 0.0281. The zero-order chi connectivity index (χ0) is 14.0. The van der Waals surface area contributed by atoms with Crippen LogP contribution < -0.4 is 4.74 Å². The van der Waals surface area contributed by atoms with E-state index in [0.29, 0.717) is 29.5 Å². The smallest absolute Gasteiger partial charge is 0.165 e. The van der Waals surface area contributed by atoms with Crippen LogP contribution in [0, 0.1) is 12.7 Å². The minimum Gasteiger partial charge on any atom is -0.490 e. The maximum absolute atomic E-state index is 14.2. The summed E-state index contributed by atoms with van der Waals surface area (Å²) in [7, 11) is 0. The van der Waals surface area contributed by atoms with E-state index in [9.17, 15) is 4.39 Å². The Morgan fingerprint density at radius 2 is 2.11 bits per heavy atom. The lowest BCUT2D eigenvalue weighted by atomic mass is 10.1. The molecule has 2 rings (SSSR count). The number of ether oxygens (including phenoxy) is 1. The first-order valence-corrected chi connectivity index (χ1v) is 6.40. The fraction of sp³-hybridized carbons (Fsp3) is 0.429. The maximum atomic E-state index is 14.2. The van der Waals surface area contributed by atoms with Gasteiger partial charge in [0.15, 0.2) is 5.82 Å². The van der Waals surface area contributed by atoms with Crippen LogP contribution in [0.4, 0.5) is 4.39 Å². The second-order valence-corrected chi connectivity index (χ2v) is 4.58. The highest BCUT2D eigenvalue weighted by Crippen LogP contribution is 2.32. The molecule has 0 aliphatic rings. The van der Waals surface area contributed by atoms with Crippen molar-refractivity contribution in [3.05, 3.63) is 29.8 Å². The van der Waals surface area contributed by atoms with Crippen LogP contribution in [0.3, 0.4) is 0 Å². The van der Waals surface area contributed by atoms with E-state index in [1.165, 1.54) is 6.07 Å². The van der Waals surface area contributed by atoms with Crippen LogP contribution in [0.15, 0.2) is 18.2 Å². The minimum atomic E-state index is -0.347. The summed E-state index contributed by atoms with van der Waals surface area (Å²) in [6, 6.07) is 4.80. The number of benzene rings is 1. The average molecular weight is 263 g/mol. The third-order valence-electron chi connectivity index (χ3n) is 2.64. The van der Waals surface area contributed by atoms with Gasteiger partial charge in [-0.3, -0.25) is 0 Å². The molecule has 19 heavy (non-hydrogen) atoms. The van der Waals surface area contributed by atoms with E-state index in [1.807, 2.05) is 20.8 Å². The predicted octanol–water partition coefficient (Wildman–Crippen LogP) is 3.20. The zero-order valence-corrected chi connectivity index (χ0v) is 11.6. The van der Waals surface area contributed by atoms with Crippen LogP contribution in [-0.4, -0.2) is 20.9 Å². The first-order chi connectivity index (χ1) is 9.02. The van der Waals surface area contributed by atoms with Crippen molar-refractivity contribution >= 4 is 0 Å². The second kappa shape index (κ2) is 5.38. The van der Waals surface area contributed by atoms with Gasteiger partial charge >= 0.3 is 0 Å². The molecule has 0 aliphatic carbocycles. The SMILES string of the molecule is CCn1nc(C)nc1-c1c(F)cccc1OC(C)C. The standard InChI is InChI=1S/C14H18FN3O/c1-5-18-14(16-10(4)17-18)13-11(15)7-6-8-12(13)19-9(2)3/h6-9H,5H2,1-4H3. The van der Waals surface area contributed by atoms with Gasteiger partial charge in [-0.2, -0.15) is 5.10 Å². The second-order valence-electron chi connectivity index (χ2n) is 4.58. The fourth-order valence-corrected chi connectivity index (χ4v) is 1.93. The number of hydrogen-bond acceptors (Lipinski definition) is 3. The Labute approximate surface area is 112 Å². The molecule has 0 aliphatic heterocycles. The molecule has 1 aromatic carbocycles. The van der Waals surface area contributed by atoms with Gasteiger partial charge in [-0.25, -0.2) is 14.1 Å². The molecule has 0 radical (unpaired) electrons. The predicted molar refractivity (Wildman–Crippen MR) is 71.6 cm³/mol. The highest BCUT2D eigenvalue weighted by Gasteiger charge is 2.19. The van der Waals surface area contributed by atoms with E-state index in [1.54, 1.807) is 23.7 Å². The Morgan fingerprint density at radius 3 is 2.74 bits per heavy atom.